The summed E-state index contributed by atoms with van der Waals surface area (Å²) >= 11 is 12.7. The number of nitrogens with zero attached hydrogens (tertiary/aromatic N) is 7. The van der Waals surface area contributed by atoms with Crippen molar-refractivity contribution in [2.75, 3.05) is 28.0 Å². The summed E-state index contributed by atoms with van der Waals surface area (Å²) in [6.45, 7) is 1.10. The molecule has 17 heteroatoms. The van der Waals surface area contributed by atoms with E-state index in [0.717, 1.165) is 101 Å². The van der Waals surface area contributed by atoms with E-state index in [1.54, 1.807) is 24.6 Å². The molecule has 7 aromatic carbocycles. The van der Waals surface area contributed by atoms with E-state index in [2.05, 4.69) is 60.4 Å². The number of aryl methyl sites for hydroxylation is 1. The van der Waals surface area contributed by atoms with Gasteiger partial charge >= 0.3 is 11.9 Å². The van der Waals surface area contributed by atoms with Gasteiger partial charge in [0.05, 0.1) is 45.0 Å². The van der Waals surface area contributed by atoms with Gasteiger partial charge in [-0.25, -0.2) is 10.0 Å². The molecule has 2 aliphatic rings. The number of hydrogen-bond donors (Lipinski definition) is 2. The van der Waals surface area contributed by atoms with Crippen LogP contribution < -0.4 is 14.9 Å². The lowest BCUT2D eigenvalue weighted by atomic mass is 10.1. The fourth-order valence-corrected chi connectivity index (χ4v) is 10.3. The average molecular weight is 1050 g/mol. The van der Waals surface area contributed by atoms with Gasteiger partial charge in [-0.3, -0.25) is 29.0 Å². The molecule has 2 amide bonds. The number of thioether (sulfide) groups is 2. The first-order valence-electron chi connectivity index (χ1n) is 22.9. The van der Waals surface area contributed by atoms with Crippen molar-refractivity contribution in [3.05, 3.63) is 220 Å². The molecule has 7 aromatic rings. The number of carbonyl (C=O) groups excluding carboxylic acids is 2. The van der Waals surface area contributed by atoms with Crippen molar-refractivity contribution in [1.82, 2.24) is 9.80 Å². The largest absolute Gasteiger partial charge is 0.480 e. The van der Waals surface area contributed by atoms with Crippen LogP contribution in [0.5, 0.6) is 0 Å². The Balaban J connectivity index is 0.933. The van der Waals surface area contributed by atoms with Gasteiger partial charge in [-0.15, -0.1) is 0 Å². The number of rotatable bonds is 17. The molecule has 74 heavy (non-hydrogen) atoms. The number of hydrogen-bond acceptors (Lipinski definition) is 13. The molecule has 0 aliphatic carbocycles. The summed E-state index contributed by atoms with van der Waals surface area (Å²) in [4.78, 5) is 53.4. The Bertz CT molecular complexity index is 3170. The van der Waals surface area contributed by atoms with Crippen molar-refractivity contribution < 1.29 is 29.4 Å². The number of thiocarbonyl (C=S) groups is 2. The summed E-state index contributed by atoms with van der Waals surface area (Å²) in [6, 6.07) is 59.4. The second-order valence-electron chi connectivity index (χ2n) is 16.6. The van der Waals surface area contributed by atoms with Gasteiger partial charge in [0.15, 0.2) is 0 Å². The Kier molecular flexibility index (Phi) is 15.6. The number of carboxylic acid groups (broad SMARTS) is 2. The summed E-state index contributed by atoms with van der Waals surface area (Å²) in [6.07, 6.45) is 7.02. The highest BCUT2D eigenvalue weighted by Gasteiger charge is 2.34. The van der Waals surface area contributed by atoms with Gasteiger partial charge in [0.2, 0.25) is 0 Å². The van der Waals surface area contributed by atoms with Crippen LogP contribution in [-0.4, -0.2) is 77.9 Å². The lowest BCUT2D eigenvalue weighted by molar-refractivity contribution is -0.140. The molecule has 0 atom stereocenters. The summed E-state index contributed by atoms with van der Waals surface area (Å²) in [5, 5.41) is 32.0. The zero-order valence-corrected chi connectivity index (χ0v) is 42.6. The summed E-state index contributed by atoms with van der Waals surface area (Å²) in [5.41, 5.74) is 10.5. The fourth-order valence-electron chi connectivity index (χ4n) is 7.78. The third-order valence-corrected chi connectivity index (χ3v) is 14.2. The first-order valence-corrected chi connectivity index (χ1v) is 25.3. The van der Waals surface area contributed by atoms with Crippen LogP contribution in [0.2, 0.25) is 0 Å². The SMILES string of the molecule is Cc1ccc(N(c2ccc(C=NN(c3ccccc3)c3ccc(C=C4SC(=S)N(CC(=O)O)C4=O)cc3)cc2)c2ccc(C=NN(c3ccccc3)c3ccc(C=C4SC(=S)N(CC(=O)O)C4=O)cc3)cc2)cc1. The topological polar surface area (TPSA) is 150 Å². The number of anilines is 7. The molecule has 2 fully saturated rings. The molecule has 0 bridgehead atoms. The van der Waals surface area contributed by atoms with Crippen LogP contribution in [0.25, 0.3) is 12.2 Å². The number of aliphatic carboxylic acids is 2. The lowest BCUT2D eigenvalue weighted by Crippen LogP contribution is -2.33. The van der Waals surface area contributed by atoms with Crippen LogP contribution in [0.15, 0.2) is 202 Å². The molecule has 0 radical (unpaired) electrons. The number of para-hydroxylation sites is 2. The Morgan fingerprint density at radius 3 is 1.14 bits per heavy atom. The van der Waals surface area contributed by atoms with Crippen LogP contribution in [0.3, 0.4) is 0 Å². The minimum Gasteiger partial charge on any atom is -0.480 e. The zero-order chi connectivity index (χ0) is 51.7. The Hall–Kier alpha value is -8.48. The van der Waals surface area contributed by atoms with Gasteiger partial charge in [0.25, 0.3) is 11.8 Å². The van der Waals surface area contributed by atoms with E-state index in [0.29, 0.717) is 9.81 Å². The van der Waals surface area contributed by atoms with E-state index >= 15 is 0 Å². The van der Waals surface area contributed by atoms with Crippen LogP contribution in [0.4, 0.5) is 39.8 Å². The van der Waals surface area contributed by atoms with Gasteiger partial charge in [-0.1, -0.05) is 151 Å². The highest BCUT2D eigenvalue weighted by Crippen LogP contribution is 2.37. The monoisotopic (exact) mass is 1050 g/mol. The molecule has 366 valence electrons. The fraction of sp³-hybridized carbons (Fsp3) is 0.0526. The van der Waals surface area contributed by atoms with Gasteiger partial charge in [-0.2, -0.15) is 10.2 Å². The molecule has 0 aromatic heterocycles. The average Bonchev–Trinajstić information content (AvgIpc) is 3.82. The van der Waals surface area contributed by atoms with E-state index in [1.165, 1.54) is 0 Å². The molecule has 0 unspecified atom stereocenters. The van der Waals surface area contributed by atoms with Crippen molar-refractivity contribution in [3.8, 4) is 0 Å². The Labute approximate surface area is 446 Å². The summed E-state index contributed by atoms with van der Waals surface area (Å²) < 4.78 is 0.425. The number of carboxylic acids is 2. The van der Waals surface area contributed by atoms with Crippen molar-refractivity contribution in [2.24, 2.45) is 10.2 Å². The van der Waals surface area contributed by atoms with Crippen LogP contribution in [0.1, 0.15) is 27.8 Å². The second-order valence-corrected chi connectivity index (χ2v) is 20.0. The van der Waals surface area contributed by atoms with Gasteiger partial charge in [0.1, 0.15) is 21.7 Å². The smallest absolute Gasteiger partial charge is 0.323 e. The maximum atomic E-state index is 12.9. The molecule has 2 N–H and O–H groups in total. The van der Waals surface area contributed by atoms with Crippen LogP contribution in [0, 0.1) is 6.92 Å². The quantitative estimate of drug-likeness (QED) is 0.0386. The number of benzene rings is 7. The van der Waals surface area contributed by atoms with E-state index in [1.807, 2.05) is 143 Å². The molecule has 0 spiro atoms. The van der Waals surface area contributed by atoms with Gasteiger partial charge < -0.3 is 15.1 Å². The minimum absolute atomic E-state index is 0.212. The third kappa shape index (κ3) is 12.1. The van der Waals surface area contributed by atoms with Crippen LogP contribution in [-0.2, 0) is 19.2 Å². The normalized spacial score (nSPS) is 14.8. The highest BCUT2D eigenvalue weighted by atomic mass is 32.2. The maximum absolute atomic E-state index is 12.9. The minimum atomic E-state index is -1.13. The third-order valence-electron chi connectivity index (χ3n) is 11.4. The number of amides is 2. The highest BCUT2D eigenvalue weighted by molar-refractivity contribution is 8.27. The van der Waals surface area contributed by atoms with E-state index < -0.39 is 36.8 Å². The van der Waals surface area contributed by atoms with Crippen molar-refractivity contribution in [2.45, 2.75) is 6.92 Å². The molecule has 9 rings (SSSR count). The van der Waals surface area contributed by atoms with Crippen LogP contribution >= 0.6 is 48.0 Å². The molecular weight excluding hydrogens is 1010 g/mol. The van der Waals surface area contributed by atoms with E-state index in [9.17, 15) is 29.4 Å². The molecular formula is C57H43N7O6S4. The Morgan fingerprint density at radius 1 is 0.473 bits per heavy atom. The standard InChI is InChI=1S/C57H43N7O6S4/c1-38-12-22-43(23-13-38)62(44-24-18-41(19-25-44)34-58-63(46-8-4-2-5-9-46)48-28-14-39(15-29-48)32-50-54(69)60(36-52(65)66)56(71)73-50)45-26-20-42(21-27-45)35-59-64(47-10-6-3-7-11-47)49-30-16-40(17-31-49)33-51-55(70)61(37-53(67)68)57(72)74-51/h2-35H,36-37H2,1H3,(H,65,66)(H,67,68). The first-order chi connectivity index (χ1) is 35.9. The molecule has 13 nitrogen and oxygen atoms in total. The molecule has 2 saturated heterocycles. The predicted octanol–water partition coefficient (Wildman–Crippen LogP) is 12.4. The summed E-state index contributed by atoms with van der Waals surface area (Å²) in [5.74, 6) is -3.12. The second kappa shape index (κ2) is 22.9. The summed E-state index contributed by atoms with van der Waals surface area (Å²) in [7, 11) is 0. The van der Waals surface area contributed by atoms with Crippen molar-refractivity contribution >= 4 is 145 Å². The lowest BCUT2D eigenvalue weighted by Gasteiger charge is -2.26. The molecule has 2 aliphatic heterocycles. The number of hydrazone groups is 2. The van der Waals surface area contributed by atoms with E-state index in [-0.39, 0.29) is 8.64 Å². The zero-order valence-electron chi connectivity index (χ0n) is 39.3. The maximum Gasteiger partial charge on any atom is 0.323 e. The first kappa shape index (κ1) is 50.5. The Morgan fingerprint density at radius 2 is 0.784 bits per heavy atom. The molecule has 0 saturated carbocycles. The number of carbonyl (C=O) groups is 4. The van der Waals surface area contributed by atoms with Gasteiger partial charge in [-0.05, 0) is 126 Å². The van der Waals surface area contributed by atoms with Crippen molar-refractivity contribution in [3.63, 3.8) is 0 Å². The predicted molar refractivity (Wildman–Crippen MR) is 306 cm³/mol. The molecule has 2 heterocycles. The van der Waals surface area contributed by atoms with Crippen molar-refractivity contribution in [1.29, 1.82) is 0 Å². The van der Waals surface area contributed by atoms with E-state index in [4.69, 9.17) is 34.6 Å². The van der Waals surface area contributed by atoms with Gasteiger partial charge in [0, 0.05) is 17.1 Å².